The van der Waals surface area contributed by atoms with Crippen LogP contribution < -0.4 is 0 Å². The molecule has 1 aliphatic heterocycles. The zero-order valence-corrected chi connectivity index (χ0v) is 12.7. The highest BCUT2D eigenvalue weighted by molar-refractivity contribution is 5.76. The van der Waals surface area contributed by atoms with E-state index in [4.69, 9.17) is 4.74 Å². The van der Waals surface area contributed by atoms with E-state index in [0.717, 1.165) is 5.56 Å². The van der Waals surface area contributed by atoms with Crippen LogP contribution in [0, 0.1) is 6.92 Å². The average Bonchev–Trinajstić information content (AvgIpc) is 3.06. The van der Waals surface area contributed by atoms with Crippen LogP contribution in [-0.2, 0) is 16.1 Å². The molecule has 1 aromatic heterocycles. The van der Waals surface area contributed by atoms with Crippen molar-refractivity contribution in [2.75, 3.05) is 19.7 Å². The van der Waals surface area contributed by atoms with Crippen LogP contribution in [0.15, 0.2) is 36.7 Å². The van der Waals surface area contributed by atoms with Gasteiger partial charge in [0.1, 0.15) is 6.10 Å². The number of morpholine rings is 1. The van der Waals surface area contributed by atoms with Crippen LogP contribution in [-0.4, -0.2) is 45.5 Å². The number of rotatable bonds is 4. The molecule has 2 aromatic rings. The lowest BCUT2D eigenvalue weighted by atomic mass is 10.0. The third kappa shape index (κ3) is 3.33. The van der Waals surface area contributed by atoms with E-state index in [1.54, 1.807) is 17.1 Å². The van der Waals surface area contributed by atoms with E-state index < -0.39 is 0 Å². The summed E-state index contributed by atoms with van der Waals surface area (Å²) in [5.74, 6) is 0.136. The van der Waals surface area contributed by atoms with E-state index in [1.807, 2.05) is 17.0 Å². The summed E-state index contributed by atoms with van der Waals surface area (Å²) in [7, 11) is 0. The average molecular weight is 300 g/mol. The summed E-state index contributed by atoms with van der Waals surface area (Å²) in [6.07, 6.45) is 3.78. The lowest BCUT2D eigenvalue weighted by Crippen LogP contribution is -2.42. The quantitative estimate of drug-likeness (QED) is 0.860. The highest BCUT2D eigenvalue weighted by atomic mass is 16.5. The molecule has 1 unspecified atom stereocenters. The lowest BCUT2D eigenvalue weighted by Gasteiger charge is -2.34. The molecule has 3 rings (SSSR count). The van der Waals surface area contributed by atoms with Gasteiger partial charge in [-0.25, -0.2) is 0 Å². The molecule has 1 fully saturated rings. The first-order valence-electron chi connectivity index (χ1n) is 7.53. The Bertz CT molecular complexity index is 627. The number of carbonyl (C=O) groups is 1. The van der Waals surface area contributed by atoms with Crippen molar-refractivity contribution in [3.05, 3.63) is 47.8 Å². The first-order chi connectivity index (χ1) is 10.7. The van der Waals surface area contributed by atoms with Crippen LogP contribution in [0.2, 0.25) is 0 Å². The van der Waals surface area contributed by atoms with E-state index in [-0.39, 0.29) is 12.0 Å². The van der Waals surface area contributed by atoms with Gasteiger partial charge in [-0.05, 0) is 18.1 Å². The molecule has 1 amide bonds. The largest absolute Gasteiger partial charge is 0.370 e. The fourth-order valence-electron chi connectivity index (χ4n) is 2.73. The summed E-state index contributed by atoms with van der Waals surface area (Å²) in [4.78, 5) is 14.3. The van der Waals surface area contributed by atoms with Gasteiger partial charge in [0.15, 0.2) is 0 Å². The number of benzene rings is 1. The van der Waals surface area contributed by atoms with Crippen LogP contribution in [0.25, 0.3) is 0 Å². The molecule has 1 atom stereocenters. The van der Waals surface area contributed by atoms with E-state index in [9.17, 15) is 4.79 Å². The van der Waals surface area contributed by atoms with E-state index in [0.29, 0.717) is 32.7 Å². The molecule has 22 heavy (non-hydrogen) atoms. The third-order valence-corrected chi connectivity index (χ3v) is 3.98. The highest BCUT2D eigenvalue weighted by Crippen LogP contribution is 2.25. The molecule has 1 aromatic carbocycles. The highest BCUT2D eigenvalue weighted by Gasteiger charge is 2.25. The minimum atomic E-state index is -0.0368. The van der Waals surface area contributed by atoms with Crippen molar-refractivity contribution >= 4 is 5.91 Å². The molecule has 1 aliphatic rings. The van der Waals surface area contributed by atoms with Crippen molar-refractivity contribution in [2.45, 2.75) is 26.0 Å². The lowest BCUT2D eigenvalue weighted by molar-refractivity contribution is -0.139. The molecule has 0 spiro atoms. The fraction of sp³-hybridized carbons (Fsp3) is 0.438. The Hall–Kier alpha value is -2.21. The number of aromatic nitrogens is 3. The second-order valence-corrected chi connectivity index (χ2v) is 5.47. The van der Waals surface area contributed by atoms with Crippen molar-refractivity contribution in [2.24, 2.45) is 0 Å². The van der Waals surface area contributed by atoms with Gasteiger partial charge < -0.3 is 9.64 Å². The first kappa shape index (κ1) is 14.7. The van der Waals surface area contributed by atoms with Gasteiger partial charge in [0.2, 0.25) is 5.91 Å². The molecule has 2 heterocycles. The maximum Gasteiger partial charge on any atom is 0.224 e. The number of carbonyl (C=O) groups excluding carboxylic acids is 1. The van der Waals surface area contributed by atoms with Crippen LogP contribution in [0.3, 0.4) is 0 Å². The Balaban J connectivity index is 1.60. The zero-order chi connectivity index (χ0) is 15.4. The third-order valence-electron chi connectivity index (χ3n) is 3.98. The molecule has 1 saturated heterocycles. The predicted molar refractivity (Wildman–Crippen MR) is 81.1 cm³/mol. The Morgan fingerprint density at radius 2 is 2.27 bits per heavy atom. The Morgan fingerprint density at radius 1 is 1.41 bits per heavy atom. The predicted octanol–water partition coefficient (Wildman–Crippen LogP) is 1.58. The van der Waals surface area contributed by atoms with Crippen molar-refractivity contribution in [1.29, 1.82) is 0 Å². The standard InChI is InChI=1S/C16H20N4O2/c1-13-4-2-3-5-14(13)15-12-19(10-11-22-15)16(21)6-8-20-9-7-17-18-20/h2-5,7,9,15H,6,8,10-12H2,1H3. The van der Waals surface area contributed by atoms with E-state index >= 15 is 0 Å². The van der Waals surface area contributed by atoms with Crippen LogP contribution in [0.5, 0.6) is 0 Å². The van der Waals surface area contributed by atoms with Gasteiger partial charge in [-0.15, -0.1) is 5.10 Å². The number of amides is 1. The summed E-state index contributed by atoms with van der Waals surface area (Å²) >= 11 is 0. The zero-order valence-electron chi connectivity index (χ0n) is 12.7. The number of ether oxygens (including phenoxy) is 1. The van der Waals surface area contributed by atoms with Gasteiger partial charge in [0.05, 0.1) is 25.9 Å². The Morgan fingerprint density at radius 3 is 3.05 bits per heavy atom. The summed E-state index contributed by atoms with van der Waals surface area (Å²) in [6, 6.07) is 8.17. The van der Waals surface area contributed by atoms with Crippen LogP contribution in [0.1, 0.15) is 23.7 Å². The fourth-order valence-corrected chi connectivity index (χ4v) is 2.73. The van der Waals surface area contributed by atoms with Crippen molar-refractivity contribution in [3.8, 4) is 0 Å². The summed E-state index contributed by atoms with van der Waals surface area (Å²) in [6.45, 7) is 4.48. The van der Waals surface area contributed by atoms with Gasteiger partial charge >= 0.3 is 0 Å². The van der Waals surface area contributed by atoms with E-state index in [1.165, 1.54) is 5.56 Å². The molecule has 0 saturated carbocycles. The number of nitrogens with zero attached hydrogens (tertiary/aromatic N) is 4. The molecule has 0 aliphatic carbocycles. The molecule has 6 heteroatoms. The van der Waals surface area contributed by atoms with Crippen molar-refractivity contribution in [1.82, 2.24) is 19.9 Å². The summed E-state index contributed by atoms with van der Waals surface area (Å²) in [5.41, 5.74) is 2.36. The van der Waals surface area contributed by atoms with Crippen molar-refractivity contribution < 1.29 is 9.53 Å². The van der Waals surface area contributed by atoms with Gasteiger partial charge in [-0.1, -0.05) is 29.5 Å². The van der Waals surface area contributed by atoms with Gasteiger partial charge in [-0.2, -0.15) is 0 Å². The Labute approximate surface area is 129 Å². The van der Waals surface area contributed by atoms with Gasteiger partial charge in [0.25, 0.3) is 0 Å². The minimum absolute atomic E-state index is 0.0368. The summed E-state index contributed by atoms with van der Waals surface area (Å²) < 4.78 is 7.53. The van der Waals surface area contributed by atoms with Gasteiger partial charge in [-0.3, -0.25) is 9.48 Å². The van der Waals surface area contributed by atoms with Crippen LogP contribution >= 0.6 is 0 Å². The first-order valence-corrected chi connectivity index (χ1v) is 7.53. The molecule has 0 radical (unpaired) electrons. The van der Waals surface area contributed by atoms with E-state index in [2.05, 4.69) is 29.4 Å². The normalized spacial score (nSPS) is 18.4. The topological polar surface area (TPSA) is 60.2 Å². The number of hydrogen-bond acceptors (Lipinski definition) is 4. The maximum atomic E-state index is 12.4. The van der Waals surface area contributed by atoms with Gasteiger partial charge in [0, 0.05) is 19.2 Å². The van der Waals surface area contributed by atoms with Crippen molar-refractivity contribution in [3.63, 3.8) is 0 Å². The molecular formula is C16H20N4O2. The maximum absolute atomic E-state index is 12.4. The molecule has 116 valence electrons. The molecule has 6 nitrogen and oxygen atoms in total. The molecule has 0 bridgehead atoms. The molecule has 0 N–H and O–H groups in total. The second-order valence-electron chi connectivity index (χ2n) is 5.47. The second kappa shape index (κ2) is 6.70. The minimum Gasteiger partial charge on any atom is -0.370 e. The van der Waals surface area contributed by atoms with Crippen LogP contribution in [0.4, 0.5) is 0 Å². The number of aryl methyl sites for hydroxylation is 2. The molecular weight excluding hydrogens is 280 g/mol. The monoisotopic (exact) mass is 300 g/mol. The smallest absolute Gasteiger partial charge is 0.224 e. The Kier molecular flexibility index (Phi) is 4.48. The SMILES string of the molecule is Cc1ccccc1C1CN(C(=O)CCn2ccnn2)CCO1. The number of hydrogen-bond donors (Lipinski definition) is 0. The summed E-state index contributed by atoms with van der Waals surface area (Å²) in [5, 5.41) is 7.62.